The van der Waals surface area contributed by atoms with Crippen LogP contribution in [-0.4, -0.2) is 26.2 Å². The second-order valence-corrected chi connectivity index (χ2v) is 9.11. The molecule has 0 aliphatic heterocycles. The van der Waals surface area contributed by atoms with Crippen molar-refractivity contribution in [3.05, 3.63) is 64.2 Å². The minimum Gasteiger partial charge on any atom is -0.372 e. The Labute approximate surface area is 222 Å². The van der Waals surface area contributed by atoms with Gasteiger partial charge in [-0.05, 0) is 38.0 Å². The molecule has 0 atom stereocenters. The molecule has 0 bridgehead atoms. The number of hydrogen-bond acceptors (Lipinski definition) is 8. The monoisotopic (exact) mass is 541 g/mol. The highest BCUT2D eigenvalue weighted by atomic mass is 19.2. The Balaban J connectivity index is 2.38. The molecule has 8 nitrogen and oxygen atoms in total. The third-order valence-corrected chi connectivity index (χ3v) is 6.38. The van der Waals surface area contributed by atoms with Gasteiger partial charge in [-0.15, -0.1) is 0 Å². The zero-order valence-electron chi connectivity index (χ0n) is 21.5. The average molecular weight is 542 g/mol. The van der Waals surface area contributed by atoms with Crippen molar-refractivity contribution in [3.8, 4) is 24.3 Å². The lowest BCUT2D eigenvalue weighted by Crippen LogP contribution is -2.29. The fourth-order valence-electron chi connectivity index (χ4n) is 3.42. The maximum atomic E-state index is 15.1. The number of carbonyl (C=O) groups excluding carboxylic acids is 1. The Kier molecular flexibility index (Phi) is 9.61. The first-order valence-electron chi connectivity index (χ1n) is 11.5. The van der Waals surface area contributed by atoms with E-state index in [1.54, 1.807) is 25.8 Å². The summed E-state index contributed by atoms with van der Waals surface area (Å²) >= 11 is 0. The summed E-state index contributed by atoms with van der Waals surface area (Å²) in [6.07, 6.45) is 0.547. The standard InChI is InChI=1S/C27H23F4N5O3/c1-5-26(2,3)25(37)39-38-11-10-36(4)18-8-6-17(7-9-18)27(14-34,15-35)20-23(30)21(28)19(16(12-32)13-33)22(29)24(20)31/h6-9,16H,5,10-11H2,1-4H3. The van der Waals surface area contributed by atoms with Crippen molar-refractivity contribution in [2.75, 3.05) is 25.1 Å². The Bertz CT molecular complexity index is 1360. The van der Waals surface area contributed by atoms with E-state index < -0.39 is 57.1 Å². The van der Waals surface area contributed by atoms with E-state index in [4.69, 9.17) is 20.3 Å². The maximum Gasteiger partial charge on any atom is 0.347 e. The Morgan fingerprint density at radius 2 is 1.46 bits per heavy atom. The number of nitriles is 4. The van der Waals surface area contributed by atoms with Gasteiger partial charge in [0.25, 0.3) is 0 Å². The molecule has 2 aromatic rings. The van der Waals surface area contributed by atoms with Gasteiger partial charge in [0, 0.05) is 19.3 Å². The van der Waals surface area contributed by atoms with Gasteiger partial charge in [0.15, 0.2) is 34.6 Å². The molecule has 0 unspecified atom stereocenters. The Hall–Kier alpha value is -4.65. The molecule has 0 amide bonds. The highest BCUT2D eigenvalue weighted by molar-refractivity contribution is 5.75. The topological polar surface area (TPSA) is 134 Å². The van der Waals surface area contributed by atoms with Gasteiger partial charge < -0.3 is 4.90 Å². The molecule has 2 aromatic carbocycles. The minimum atomic E-state index is -2.82. The number of likely N-dealkylation sites (N-methyl/N-ethyl adjacent to an activating group) is 1. The van der Waals surface area contributed by atoms with Crippen LogP contribution in [0.2, 0.25) is 0 Å². The quantitative estimate of drug-likeness (QED) is 0.134. The molecule has 12 heteroatoms. The lowest BCUT2D eigenvalue weighted by molar-refractivity contribution is -0.278. The summed E-state index contributed by atoms with van der Waals surface area (Å²) in [4.78, 5) is 23.4. The van der Waals surface area contributed by atoms with Crippen molar-refractivity contribution < 1.29 is 32.1 Å². The van der Waals surface area contributed by atoms with Crippen molar-refractivity contribution >= 4 is 11.7 Å². The normalized spacial score (nSPS) is 11.2. The van der Waals surface area contributed by atoms with Crippen LogP contribution in [0.5, 0.6) is 0 Å². The van der Waals surface area contributed by atoms with Crippen LogP contribution in [0.1, 0.15) is 49.8 Å². The fraction of sp³-hybridized carbons (Fsp3) is 0.370. The highest BCUT2D eigenvalue weighted by Gasteiger charge is 2.44. The van der Waals surface area contributed by atoms with E-state index in [0.29, 0.717) is 12.1 Å². The van der Waals surface area contributed by atoms with E-state index in [0.717, 1.165) is 0 Å². The summed E-state index contributed by atoms with van der Waals surface area (Å²) in [6, 6.07) is 10.5. The Morgan fingerprint density at radius 1 is 0.949 bits per heavy atom. The lowest BCUT2D eigenvalue weighted by Gasteiger charge is -2.24. The zero-order chi connectivity index (χ0) is 29.5. The number of nitrogens with zero attached hydrogens (tertiary/aromatic N) is 5. The van der Waals surface area contributed by atoms with Gasteiger partial charge in [-0.25, -0.2) is 22.4 Å². The number of halogens is 4. The minimum absolute atomic E-state index is 0.0160. The molecule has 0 fully saturated rings. The summed E-state index contributed by atoms with van der Waals surface area (Å²) in [5, 5.41) is 37.5. The number of rotatable bonds is 10. The highest BCUT2D eigenvalue weighted by Crippen LogP contribution is 2.40. The van der Waals surface area contributed by atoms with Gasteiger partial charge in [-0.1, -0.05) is 19.1 Å². The molecule has 0 aliphatic rings. The van der Waals surface area contributed by atoms with Crippen LogP contribution < -0.4 is 4.90 Å². The molecule has 0 N–H and O–H groups in total. The summed E-state index contributed by atoms with van der Waals surface area (Å²) in [7, 11) is 1.64. The van der Waals surface area contributed by atoms with Gasteiger partial charge in [0.1, 0.15) is 6.61 Å². The number of hydrogen-bond donors (Lipinski definition) is 0. The van der Waals surface area contributed by atoms with Gasteiger partial charge in [-0.3, -0.25) is 4.89 Å². The van der Waals surface area contributed by atoms with Crippen LogP contribution in [0.3, 0.4) is 0 Å². The molecular formula is C27H23F4N5O3. The number of anilines is 1. The van der Waals surface area contributed by atoms with Gasteiger partial charge in [0.2, 0.25) is 0 Å². The predicted octanol–water partition coefficient (Wildman–Crippen LogP) is 5.05. The van der Waals surface area contributed by atoms with Crippen LogP contribution in [0, 0.1) is 74.0 Å². The van der Waals surface area contributed by atoms with E-state index in [1.165, 1.54) is 48.5 Å². The van der Waals surface area contributed by atoms with E-state index in [9.17, 15) is 24.1 Å². The van der Waals surface area contributed by atoms with Crippen LogP contribution in [0.25, 0.3) is 0 Å². The van der Waals surface area contributed by atoms with Crippen molar-refractivity contribution in [2.24, 2.45) is 5.41 Å². The predicted molar refractivity (Wildman–Crippen MR) is 128 cm³/mol. The first kappa shape index (κ1) is 30.6. The molecule has 2 rings (SSSR count). The maximum absolute atomic E-state index is 15.1. The summed E-state index contributed by atoms with van der Waals surface area (Å²) in [5.41, 5.74) is -6.29. The van der Waals surface area contributed by atoms with E-state index >= 15 is 8.78 Å². The van der Waals surface area contributed by atoms with Crippen LogP contribution in [-0.2, 0) is 20.0 Å². The molecule has 0 aliphatic carbocycles. The van der Waals surface area contributed by atoms with Crippen LogP contribution in [0.15, 0.2) is 24.3 Å². The lowest BCUT2D eigenvalue weighted by atomic mass is 9.75. The molecule has 0 spiro atoms. The number of carbonyl (C=O) groups is 1. The molecule has 202 valence electrons. The van der Waals surface area contributed by atoms with Crippen molar-refractivity contribution in [3.63, 3.8) is 0 Å². The molecule has 0 aromatic heterocycles. The molecule has 0 saturated carbocycles. The van der Waals surface area contributed by atoms with Crippen LogP contribution >= 0.6 is 0 Å². The van der Waals surface area contributed by atoms with Crippen molar-refractivity contribution in [1.29, 1.82) is 21.0 Å². The SMILES string of the molecule is CCC(C)(C)C(=O)OOCCN(C)c1ccc(C(C#N)(C#N)c2c(F)c(F)c(C(C#N)C#N)c(F)c2F)cc1. The smallest absolute Gasteiger partial charge is 0.347 e. The molecule has 0 heterocycles. The van der Waals surface area contributed by atoms with Crippen molar-refractivity contribution in [1.82, 2.24) is 0 Å². The Morgan fingerprint density at radius 3 is 1.90 bits per heavy atom. The van der Waals surface area contributed by atoms with Gasteiger partial charge in [0.05, 0.1) is 40.8 Å². The summed E-state index contributed by atoms with van der Waals surface area (Å²) in [6.45, 7) is 5.45. The van der Waals surface area contributed by atoms with Crippen LogP contribution in [0.4, 0.5) is 23.2 Å². The van der Waals surface area contributed by atoms with E-state index in [2.05, 4.69) is 0 Å². The van der Waals surface area contributed by atoms with Gasteiger partial charge >= 0.3 is 5.97 Å². The van der Waals surface area contributed by atoms with Crippen molar-refractivity contribution in [2.45, 2.75) is 38.5 Å². The first-order chi connectivity index (χ1) is 18.4. The molecule has 0 saturated heterocycles. The third-order valence-electron chi connectivity index (χ3n) is 6.38. The second-order valence-electron chi connectivity index (χ2n) is 9.11. The molecular weight excluding hydrogens is 518 g/mol. The third kappa shape index (κ3) is 5.77. The molecule has 39 heavy (non-hydrogen) atoms. The second kappa shape index (κ2) is 12.3. The average Bonchev–Trinajstić information content (AvgIpc) is 2.94. The van der Waals surface area contributed by atoms with Gasteiger partial charge in [-0.2, -0.15) is 25.9 Å². The summed E-state index contributed by atoms with van der Waals surface area (Å²) in [5.74, 6) is -10.9. The first-order valence-corrected chi connectivity index (χ1v) is 11.5. The van der Waals surface area contributed by atoms with E-state index in [1.807, 2.05) is 6.92 Å². The zero-order valence-corrected chi connectivity index (χ0v) is 21.5. The largest absolute Gasteiger partial charge is 0.372 e. The number of benzene rings is 2. The fourth-order valence-corrected chi connectivity index (χ4v) is 3.42. The van der Waals surface area contributed by atoms with E-state index in [-0.39, 0.29) is 18.7 Å². The summed E-state index contributed by atoms with van der Waals surface area (Å²) < 4.78 is 59.6. The molecule has 0 radical (unpaired) electrons.